The molecule has 0 N–H and O–H groups in total. The van der Waals surface area contributed by atoms with Gasteiger partial charge in [-0.3, -0.25) is 40.5 Å². The van der Waals surface area contributed by atoms with E-state index in [1.54, 1.807) is 0 Å². The normalized spacial score (nSPS) is 12.6. The van der Waals surface area contributed by atoms with Gasteiger partial charge in [0.1, 0.15) is 19.7 Å². The van der Waals surface area contributed by atoms with Crippen LogP contribution in [0.2, 0.25) is 0 Å². The van der Waals surface area contributed by atoms with E-state index in [4.69, 9.17) is 0 Å². The summed E-state index contributed by atoms with van der Waals surface area (Å²) in [7, 11) is 0. The lowest BCUT2D eigenvalue weighted by atomic mass is 10.4. The standard InChI is InChI=1S/C8H12F2N4O11/c1-3-23-6(2,24-4-7(9,11(15)16)12(17)18)25-5-8(10,13(19)20)14(21)22/h3-5H2,1-2H3. The van der Waals surface area contributed by atoms with E-state index in [1.807, 2.05) is 0 Å². The molecule has 25 heavy (non-hydrogen) atoms. The quantitative estimate of drug-likeness (QED) is 0.193. The van der Waals surface area contributed by atoms with E-state index >= 15 is 0 Å². The molecule has 0 unspecified atom stereocenters. The first kappa shape index (κ1) is 22.3. The number of nitro groups is 4. The van der Waals surface area contributed by atoms with Crippen molar-refractivity contribution in [3.05, 3.63) is 40.5 Å². The summed E-state index contributed by atoms with van der Waals surface area (Å²) in [5.74, 6) is -11.4. The lowest BCUT2D eigenvalue weighted by Crippen LogP contribution is -2.52. The molecule has 0 aromatic carbocycles. The minimum atomic E-state index is -4.33. The molecular weight excluding hydrogens is 366 g/mol. The van der Waals surface area contributed by atoms with Crippen LogP contribution in [-0.2, 0) is 14.2 Å². The molecule has 0 spiro atoms. The number of halogens is 2. The number of rotatable bonds is 12. The molecule has 0 aliphatic rings. The van der Waals surface area contributed by atoms with Gasteiger partial charge in [0.05, 0.1) is 0 Å². The van der Waals surface area contributed by atoms with Gasteiger partial charge in [-0.25, -0.2) is 0 Å². The van der Waals surface area contributed by atoms with Gasteiger partial charge in [0, 0.05) is 13.5 Å². The predicted molar refractivity (Wildman–Crippen MR) is 67.6 cm³/mol. The van der Waals surface area contributed by atoms with Gasteiger partial charge in [-0.2, -0.15) is 0 Å². The third-order valence-electron chi connectivity index (χ3n) is 2.56. The lowest BCUT2D eigenvalue weighted by molar-refractivity contribution is -0.838. The van der Waals surface area contributed by atoms with Gasteiger partial charge in [-0.15, -0.1) is 0 Å². The molecule has 0 rings (SSSR count). The molecule has 0 aliphatic carbocycles. The summed E-state index contributed by atoms with van der Waals surface area (Å²) < 4.78 is 40.7. The summed E-state index contributed by atoms with van der Waals surface area (Å²) in [5, 5.41) is 41.7. The molecule has 144 valence electrons. The maximum Gasteiger partial charge on any atom is 0.637 e. The molecule has 0 aliphatic heterocycles. The van der Waals surface area contributed by atoms with Gasteiger partial charge in [0.15, 0.2) is 0 Å². The van der Waals surface area contributed by atoms with Gasteiger partial charge in [-0.05, 0) is 6.92 Å². The number of hydrogen-bond acceptors (Lipinski definition) is 11. The van der Waals surface area contributed by atoms with Crippen LogP contribution in [0, 0.1) is 40.5 Å². The average Bonchev–Trinajstić information content (AvgIpc) is 2.49. The van der Waals surface area contributed by atoms with Crippen LogP contribution in [0.4, 0.5) is 8.78 Å². The van der Waals surface area contributed by atoms with Crippen molar-refractivity contribution in [2.75, 3.05) is 19.8 Å². The fourth-order valence-corrected chi connectivity index (χ4v) is 1.18. The van der Waals surface area contributed by atoms with Gasteiger partial charge in [-0.1, -0.05) is 8.78 Å². The van der Waals surface area contributed by atoms with Crippen molar-refractivity contribution in [3.8, 4) is 0 Å². The molecule has 0 aromatic rings. The SMILES string of the molecule is CCOC(C)(OCC(F)([N+](=O)[O-])[N+](=O)[O-])OCC(F)([N+](=O)[O-])[N+](=O)[O-]. The summed E-state index contributed by atoms with van der Waals surface area (Å²) >= 11 is 0. The first-order chi connectivity index (χ1) is 11.2. The molecule has 0 aromatic heterocycles. The molecule has 17 heteroatoms. The highest BCUT2D eigenvalue weighted by molar-refractivity contribution is 4.58. The molecule has 0 saturated heterocycles. The Balaban J connectivity index is 5.31. The van der Waals surface area contributed by atoms with E-state index in [2.05, 4.69) is 14.2 Å². The third-order valence-corrected chi connectivity index (χ3v) is 2.56. The van der Waals surface area contributed by atoms with Crippen molar-refractivity contribution in [3.63, 3.8) is 0 Å². The van der Waals surface area contributed by atoms with Crippen LogP contribution in [0.1, 0.15) is 13.8 Å². The summed E-state index contributed by atoms with van der Waals surface area (Å²) in [6.07, 6.45) is 0. The Labute approximate surface area is 136 Å². The molecule has 0 saturated carbocycles. The smallest absolute Gasteiger partial charge is 0.328 e. The zero-order chi connectivity index (χ0) is 20.1. The molecule has 0 bridgehead atoms. The van der Waals surface area contributed by atoms with Crippen molar-refractivity contribution >= 4 is 0 Å². The van der Waals surface area contributed by atoms with E-state index in [0.29, 0.717) is 6.92 Å². The van der Waals surface area contributed by atoms with E-state index in [-0.39, 0.29) is 6.61 Å². The van der Waals surface area contributed by atoms with Gasteiger partial charge < -0.3 is 14.2 Å². The Morgan fingerprint density at radius 1 is 0.760 bits per heavy atom. The van der Waals surface area contributed by atoms with Crippen LogP contribution in [-0.4, -0.2) is 57.3 Å². The van der Waals surface area contributed by atoms with E-state index < -0.39 is 50.7 Å². The lowest BCUT2D eigenvalue weighted by Gasteiger charge is -2.28. The van der Waals surface area contributed by atoms with Crippen LogP contribution in [0.3, 0.4) is 0 Å². The van der Waals surface area contributed by atoms with Crippen molar-refractivity contribution in [1.29, 1.82) is 0 Å². The van der Waals surface area contributed by atoms with E-state index in [1.165, 1.54) is 6.92 Å². The van der Waals surface area contributed by atoms with Gasteiger partial charge >= 0.3 is 11.8 Å². The summed E-state index contributed by atoms with van der Waals surface area (Å²) in [4.78, 5) is 33.9. The zero-order valence-electron chi connectivity index (χ0n) is 12.7. The second-order valence-corrected chi connectivity index (χ2v) is 4.34. The number of ether oxygens (including phenoxy) is 3. The Hall–Kier alpha value is -2.66. The highest BCUT2D eigenvalue weighted by atomic mass is 19.2. The highest BCUT2D eigenvalue weighted by Crippen LogP contribution is 2.24. The summed E-state index contributed by atoms with van der Waals surface area (Å²) in [5.41, 5.74) is 0. The second-order valence-electron chi connectivity index (χ2n) is 4.34. The van der Waals surface area contributed by atoms with Gasteiger partial charge in [0.2, 0.25) is 13.2 Å². The molecule has 0 amide bonds. The third kappa shape index (κ3) is 5.16. The Morgan fingerprint density at radius 2 is 1.04 bits per heavy atom. The van der Waals surface area contributed by atoms with Crippen LogP contribution in [0.15, 0.2) is 0 Å². The Morgan fingerprint density at radius 3 is 1.24 bits per heavy atom. The molecule has 15 nitrogen and oxygen atoms in total. The monoisotopic (exact) mass is 378 g/mol. The van der Waals surface area contributed by atoms with Crippen LogP contribution >= 0.6 is 0 Å². The largest absolute Gasteiger partial charge is 0.637 e. The Bertz CT molecular complexity index is 488. The van der Waals surface area contributed by atoms with Crippen LogP contribution in [0.5, 0.6) is 0 Å². The Kier molecular flexibility index (Phi) is 7.10. The van der Waals surface area contributed by atoms with E-state index in [0.717, 1.165) is 0 Å². The predicted octanol–water partition coefficient (Wildman–Crippen LogP) is 0.0832. The first-order valence-electron chi connectivity index (χ1n) is 6.13. The van der Waals surface area contributed by atoms with Gasteiger partial charge in [0.25, 0.3) is 5.97 Å². The molecule has 0 fully saturated rings. The number of hydrogen-bond donors (Lipinski definition) is 0. The maximum absolute atomic E-state index is 13.6. The first-order valence-corrected chi connectivity index (χ1v) is 6.13. The maximum atomic E-state index is 13.6. The fraction of sp³-hybridized carbons (Fsp3) is 1.00. The molecule has 0 atom stereocenters. The second kappa shape index (κ2) is 7.94. The summed E-state index contributed by atoms with van der Waals surface area (Å²) in [6, 6.07) is 0. The minimum Gasteiger partial charge on any atom is -0.328 e. The topological polar surface area (TPSA) is 200 Å². The highest BCUT2D eigenvalue weighted by Gasteiger charge is 2.62. The van der Waals surface area contributed by atoms with Crippen molar-refractivity contribution in [2.24, 2.45) is 0 Å². The molecule has 0 radical (unpaired) electrons. The number of nitrogens with zero attached hydrogens (tertiary/aromatic N) is 4. The zero-order valence-corrected chi connectivity index (χ0v) is 12.7. The van der Waals surface area contributed by atoms with Crippen molar-refractivity contribution in [2.45, 2.75) is 31.7 Å². The summed E-state index contributed by atoms with van der Waals surface area (Å²) in [6.45, 7) is -2.21. The van der Waals surface area contributed by atoms with Crippen molar-refractivity contribution in [1.82, 2.24) is 0 Å². The van der Waals surface area contributed by atoms with Crippen LogP contribution < -0.4 is 0 Å². The minimum absolute atomic E-state index is 0.358. The number of alkyl halides is 2. The van der Waals surface area contributed by atoms with E-state index in [9.17, 15) is 49.2 Å². The average molecular weight is 378 g/mol. The van der Waals surface area contributed by atoms with Crippen molar-refractivity contribution < 1.29 is 42.7 Å². The fourth-order valence-electron chi connectivity index (χ4n) is 1.18. The molecule has 0 heterocycles. The molecular formula is C8H12F2N4O11. The van der Waals surface area contributed by atoms with Crippen LogP contribution in [0.25, 0.3) is 0 Å².